The summed E-state index contributed by atoms with van der Waals surface area (Å²) in [5, 5.41) is 3.60. The Hall–Kier alpha value is -1.98. The van der Waals surface area contributed by atoms with E-state index in [2.05, 4.69) is 15.3 Å². The highest BCUT2D eigenvalue weighted by Gasteiger charge is 2.05. The van der Waals surface area contributed by atoms with E-state index in [0.29, 0.717) is 12.3 Å². The van der Waals surface area contributed by atoms with Crippen molar-refractivity contribution in [3.05, 3.63) is 64.9 Å². The van der Waals surface area contributed by atoms with E-state index in [-0.39, 0.29) is 5.91 Å². The number of para-hydroxylation sites is 2. The lowest BCUT2D eigenvalue weighted by molar-refractivity contribution is -0.118. The van der Waals surface area contributed by atoms with Crippen LogP contribution in [-0.4, -0.2) is 21.6 Å². The Bertz CT molecular complexity index is 785. The van der Waals surface area contributed by atoms with Crippen LogP contribution in [0.15, 0.2) is 48.5 Å². The number of fused-ring (bicyclic) bond motifs is 1. The Morgan fingerprint density at radius 1 is 1.22 bits per heavy atom. The van der Waals surface area contributed by atoms with E-state index in [0.717, 1.165) is 33.2 Å². The van der Waals surface area contributed by atoms with Gasteiger partial charge in [-0.25, -0.2) is 4.98 Å². The molecule has 0 radical (unpaired) electrons. The van der Waals surface area contributed by atoms with Crippen LogP contribution >= 0.6 is 23.4 Å². The van der Waals surface area contributed by atoms with Crippen molar-refractivity contribution in [2.45, 2.75) is 12.3 Å². The molecule has 1 amide bonds. The Morgan fingerprint density at radius 2 is 2.09 bits per heavy atom. The summed E-state index contributed by atoms with van der Waals surface area (Å²) in [6.45, 7) is 0.408. The number of hydrogen-bond donors (Lipinski definition) is 2. The molecule has 0 saturated carbocycles. The van der Waals surface area contributed by atoms with Crippen LogP contribution in [0.25, 0.3) is 11.0 Å². The van der Waals surface area contributed by atoms with E-state index in [1.165, 1.54) is 0 Å². The quantitative estimate of drug-likeness (QED) is 0.715. The molecule has 118 valence electrons. The van der Waals surface area contributed by atoms with E-state index in [9.17, 15) is 4.79 Å². The molecule has 0 aliphatic heterocycles. The maximum atomic E-state index is 11.9. The van der Waals surface area contributed by atoms with Crippen molar-refractivity contribution in [1.82, 2.24) is 15.3 Å². The van der Waals surface area contributed by atoms with Gasteiger partial charge in [0.2, 0.25) is 5.91 Å². The molecule has 23 heavy (non-hydrogen) atoms. The van der Waals surface area contributed by atoms with Gasteiger partial charge in [0.05, 0.1) is 23.3 Å². The predicted molar refractivity (Wildman–Crippen MR) is 95.6 cm³/mol. The zero-order valence-electron chi connectivity index (χ0n) is 12.4. The van der Waals surface area contributed by atoms with Crippen molar-refractivity contribution < 1.29 is 4.79 Å². The summed E-state index contributed by atoms with van der Waals surface area (Å²) in [6, 6.07) is 15.5. The van der Waals surface area contributed by atoms with Gasteiger partial charge in [0.25, 0.3) is 0 Å². The molecule has 0 bridgehead atoms. The van der Waals surface area contributed by atoms with Gasteiger partial charge in [-0.05, 0) is 29.8 Å². The lowest BCUT2D eigenvalue weighted by Gasteiger charge is -2.04. The van der Waals surface area contributed by atoms with Crippen LogP contribution in [0, 0.1) is 0 Å². The topological polar surface area (TPSA) is 57.8 Å². The average Bonchev–Trinajstić information content (AvgIpc) is 2.96. The van der Waals surface area contributed by atoms with Crippen LogP contribution in [-0.2, 0) is 17.1 Å². The predicted octanol–water partition coefficient (Wildman–Crippen LogP) is 3.77. The van der Waals surface area contributed by atoms with Crippen LogP contribution in [0.2, 0.25) is 5.02 Å². The summed E-state index contributed by atoms with van der Waals surface area (Å²) < 4.78 is 0. The standard InChI is InChI=1S/C17H16ClN3OS/c18-13-5-3-4-12(8-13)10-23-11-17(22)19-9-16-20-14-6-1-2-7-15(14)21-16/h1-8H,9-11H2,(H,19,22)(H,20,21). The zero-order valence-corrected chi connectivity index (χ0v) is 14.0. The SMILES string of the molecule is O=C(CSCc1cccc(Cl)c1)NCc1nc2ccccc2[nH]1. The number of nitrogens with one attached hydrogen (secondary N) is 2. The van der Waals surface area contributed by atoms with Crippen LogP contribution in [0.1, 0.15) is 11.4 Å². The van der Waals surface area contributed by atoms with Crippen molar-refractivity contribution in [3.8, 4) is 0 Å². The fourth-order valence-electron chi connectivity index (χ4n) is 2.21. The molecule has 2 aromatic carbocycles. The second-order valence-electron chi connectivity index (χ2n) is 5.10. The number of hydrogen-bond acceptors (Lipinski definition) is 3. The first-order chi connectivity index (χ1) is 11.2. The summed E-state index contributed by atoms with van der Waals surface area (Å²) in [4.78, 5) is 19.5. The Balaban J connectivity index is 1.44. The number of H-pyrrole nitrogens is 1. The highest BCUT2D eigenvalue weighted by molar-refractivity contribution is 7.99. The van der Waals surface area contributed by atoms with Crippen LogP contribution < -0.4 is 5.32 Å². The number of nitrogens with zero attached hydrogens (tertiary/aromatic N) is 1. The van der Waals surface area contributed by atoms with Crippen LogP contribution in [0.4, 0.5) is 0 Å². The lowest BCUT2D eigenvalue weighted by atomic mass is 10.2. The molecule has 0 aliphatic carbocycles. The van der Waals surface area contributed by atoms with Crippen molar-refractivity contribution >= 4 is 40.3 Å². The molecule has 2 N–H and O–H groups in total. The van der Waals surface area contributed by atoms with Crippen molar-refractivity contribution in [2.75, 3.05) is 5.75 Å². The fourth-order valence-corrected chi connectivity index (χ4v) is 3.23. The molecule has 0 aliphatic rings. The van der Waals surface area contributed by atoms with Crippen LogP contribution in [0.5, 0.6) is 0 Å². The van der Waals surface area contributed by atoms with E-state index < -0.39 is 0 Å². The van der Waals surface area contributed by atoms with Gasteiger partial charge in [0, 0.05) is 10.8 Å². The molecule has 0 atom stereocenters. The first-order valence-corrected chi connectivity index (χ1v) is 8.76. The number of thioether (sulfide) groups is 1. The second-order valence-corrected chi connectivity index (χ2v) is 6.52. The van der Waals surface area contributed by atoms with Crippen molar-refractivity contribution in [3.63, 3.8) is 0 Å². The summed E-state index contributed by atoms with van der Waals surface area (Å²) in [7, 11) is 0. The third-order valence-electron chi connectivity index (χ3n) is 3.28. The molecule has 0 fully saturated rings. The van der Waals surface area contributed by atoms with E-state index in [4.69, 9.17) is 11.6 Å². The Morgan fingerprint density at radius 3 is 2.91 bits per heavy atom. The minimum absolute atomic E-state index is 0.00233. The van der Waals surface area contributed by atoms with Gasteiger partial charge in [-0.15, -0.1) is 11.8 Å². The summed E-state index contributed by atoms with van der Waals surface area (Å²) in [5.41, 5.74) is 3.01. The molecular weight excluding hydrogens is 330 g/mol. The number of halogens is 1. The summed E-state index contributed by atoms with van der Waals surface area (Å²) in [5.74, 6) is 1.93. The zero-order chi connectivity index (χ0) is 16.1. The monoisotopic (exact) mass is 345 g/mol. The number of aromatic amines is 1. The van der Waals surface area contributed by atoms with Gasteiger partial charge in [-0.3, -0.25) is 4.79 Å². The molecule has 1 heterocycles. The number of imidazole rings is 1. The van der Waals surface area contributed by atoms with Gasteiger partial charge in [0.15, 0.2) is 0 Å². The highest BCUT2D eigenvalue weighted by atomic mass is 35.5. The Kier molecular flexibility index (Phi) is 5.20. The molecule has 3 rings (SSSR count). The van der Waals surface area contributed by atoms with Gasteiger partial charge in [-0.2, -0.15) is 0 Å². The molecule has 0 saturated heterocycles. The van der Waals surface area contributed by atoms with E-state index in [1.807, 2.05) is 48.5 Å². The second kappa shape index (κ2) is 7.53. The van der Waals surface area contributed by atoms with Gasteiger partial charge < -0.3 is 10.3 Å². The lowest BCUT2D eigenvalue weighted by Crippen LogP contribution is -2.25. The number of benzene rings is 2. The summed E-state index contributed by atoms with van der Waals surface area (Å²) in [6.07, 6.45) is 0. The minimum atomic E-state index is -0.00233. The first kappa shape index (κ1) is 15.9. The first-order valence-electron chi connectivity index (χ1n) is 7.23. The van der Waals surface area contributed by atoms with Crippen molar-refractivity contribution in [2.24, 2.45) is 0 Å². The van der Waals surface area contributed by atoms with E-state index >= 15 is 0 Å². The minimum Gasteiger partial charge on any atom is -0.348 e. The van der Waals surface area contributed by atoms with Crippen LogP contribution in [0.3, 0.4) is 0 Å². The highest BCUT2D eigenvalue weighted by Crippen LogP contribution is 2.16. The molecular formula is C17H16ClN3OS. The Labute approximate surface area is 143 Å². The average molecular weight is 346 g/mol. The largest absolute Gasteiger partial charge is 0.348 e. The molecule has 0 spiro atoms. The molecule has 1 aromatic heterocycles. The summed E-state index contributed by atoms with van der Waals surface area (Å²) >= 11 is 7.50. The number of rotatable bonds is 6. The fraction of sp³-hybridized carbons (Fsp3) is 0.176. The molecule has 6 heteroatoms. The molecule has 3 aromatic rings. The normalized spacial score (nSPS) is 10.8. The van der Waals surface area contributed by atoms with Gasteiger partial charge in [0.1, 0.15) is 5.82 Å². The third-order valence-corrected chi connectivity index (χ3v) is 4.52. The number of aromatic nitrogens is 2. The third kappa shape index (κ3) is 4.50. The smallest absolute Gasteiger partial charge is 0.230 e. The van der Waals surface area contributed by atoms with Gasteiger partial charge in [-0.1, -0.05) is 35.9 Å². The number of carbonyl (C=O) groups is 1. The maximum Gasteiger partial charge on any atom is 0.230 e. The maximum absolute atomic E-state index is 11.9. The van der Waals surface area contributed by atoms with E-state index in [1.54, 1.807) is 11.8 Å². The molecule has 4 nitrogen and oxygen atoms in total. The molecule has 0 unspecified atom stereocenters. The van der Waals surface area contributed by atoms with Gasteiger partial charge >= 0.3 is 0 Å². The number of carbonyl (C=O) groups excluding carboxylic acids is 1. The number of amides is 1. The van der Waals surface area contributed by atoms with Crippen molar-refractivity contribution in [1.29, 1.82) is 0 Å².